The minimum Gasteiger partial charge on any atom is -0.351 e. The lowest BCUT2D eigenvalue weighted by molar-refractivity contribution is 0.477. The van der Waals surface area contributed by atoms with Crippen molar-refractivity contribution in [3.63, 3.8) is 0 Å². The van der Waals surface area contributed by atoms with Crippen LogP contribution in [0.1, 0.15) is 103 Å². The molecule has 3 fully saturated rings. The molecule has 2 aromatic heterocycles. The van der Waals surface area contributed by atoms with Crippen LogP contribution in [-0.2, 0) is 17.5 Å². The summed E-state index contributed by atoms with van der Waals surface area (Å²) in [7, 11) is 0. The Morgan fingerprint density at radius 1 is 1.05 bits per heavy atom. The van der Waals surface area contributed by atoms with Crippen molar-refractivity contribution < 1.29 is 10.2 Å². The molecule has 9 heteroatoms. The molecule has 41 heavy (non-hydrogen) atoms. The molecule has 0 amide bonds. The number of nitrogens with one attached hydrogen (secondary N) is 2. The van der Waals surface area contributed by atoms with Crippen LogP contribution >= 0.6 is 0 Å². The summed E-state index contributed by atoms with van der Waals surface area (Å²) in [5.41, 5.74) is 2.90. The fraction of sp³-hybridized carbons (Fsp3) is 0.594. The highest BCUT2D eigenvalue weighted by atomic mass is 32.2. The molecule has 0 radical (unpaired) electrons. The summed E-state index contributed by atoms with van der Waals surface area (Å²) in [6.45, 7) is 6.11. The molecular formula is C32H49N5O3S. The highest BCUT2D eigenvalue weighted by Crippen LogP contribution is 2.30. The Labute approximate surface area is 248 Å². The van der Waals surface area contributed by atoms with Crippen LogP contribution in [0.3, 0.4) is 0 Å². The number of aromatic nitrogens is 3. The average Bonchev–Trinajstić information content (AvgIpc) is 3.78. The monoisotopic (exact) mass is 583 g/mol. The Kier molecular flexibility index (Phi) is 12.3. The number of rotatable bonds is 8. The molecule has 1 unspecified atom stereocenters. The molecule has 226 valence electrons. The fourth-order valence-electron chi connectivity index (χ4n) is 5.33. The Hall–Kier alpha value is -2.62. The highest BCUT2D eigenvalue weighted by molar-refractivity contribution is 7.79. The van der Waals surface area contributed by atoms with E-state index in [2.05, 4.69) is 22.5 Å². The van der Waals surface area contributed by atoms with Gasteiger partial charge in [-0.2, -0.15) is 4.98 Å². The third-order valence-electron chi connectivity index (χ3n) is 7.86. The minimum atomic E-state index is -1.84. The van der Waals surface area contributed by atoms with E-state index in [1.807, 2.05) is 35.9 Å². The number of hydrogen-bond acceptors (Lipinski definition) is 6. The van der Waals surface area contributed by atoms with Gasteiger partial charge in [-0.05, 0) is 82.3 Å². The third kappa shape index (κ3) is 9.72. The first-order chi connectivity index (χ1) is 20.0. The fourth-order valence-corrected chi connectivity index (χ4v) is 5.70. The zero-order valence-corrected chi connectivity index (χ0v) is 25.6. The van der Waals surface area contributed by atoms with Crippen molar-refractivity contribution in [1.82, 2.24) is 19.9 Å². The summed E-state index contributed by atoms with van der Waals surface area (Å²) < 4.78 is 21.4. The maximum Gasteiger partial charge on any atom is 0.255 e. The zero-order valence-electron chi connectivity index (χ0n) is 24.7. The number of nitrogens with zero attached hydrogens (tertiary/aromatic N) is 3. The molecule has 1 aliphatic heterocycles. The molecule has 6 rings (SSSR count). The van der Waals surface area contributed by atoms with Crippen LogP contribution in [0, 0.1) is 6.92 Å². The second-order valence-electron chi connectivity index (χ2n) is 11.5. The molecular weight excluding hydrogens is 534 g/mol. The normalized spacial score (nSPS) is 17.7. The van der Waals surface area contributed by atoms with Crippen LogP contribution in [-0.4, -0.2) is 42.4 Å². The number of pyridine rings is 1. The largest absolute Gasteiger partial charge is 0.351 e. The maximum absolute atomic E-state index is 12.7. The summed E-state index contributed by atoms with van der Waals surface area (Å²) >= 11 is -1.84. The number of fused-ring (bicyclic) bond motifs is 1. The molecule has 3 heterocycles. The standard InChI is InChI=1S/C18H25N5O.C11H16O2S.C3H6.H2/c1-12-10-13-11-20-18(21-14-6-8-19-9-7-14)22-16(13)23(17(12)24)15-4-2-3-5-15;1-2-3-4-5-10-6-8-11(9-7-10)14(12)13;1-2-3-1;/h10-11,14-15,19H,2-9H2,1H3,(H,20,21,22);6-9H,2-5H2,1H3,(H,12,13);1-3H2;1H. The zero-order chi connectivity index (χ0) is 29.0. The first kappa shape index (κ1) is 31.3. The van der Waals surface area contributed by atoms with Crippen LogP contribution in [0.15, 0.2) is 46.2 Å². The van der Waals surface area contributed by atoms with Gasteiger partial charge in [-0.15, -0.1) is 0 Å². The smallest absolute Gasteiger partial charge is 0.255 e. The number of anilines is 1. The lowest BCUT2D eigenvalue weighted by atomic mass is 10.1. The van der Waals surface area contributed by atoms with Gasteiger partial charge in [-0.1, -0.05) is 64.0 Å². The molecule has 1 aromatic carbocycles. The molecule has 1 saturated heterocycles. The average molecular weight is 584 g/mol. The van der Waals surface area contributed by atoms with Crippen molar-refractivity contribution in [1.29, 1.82) is 0 Å². The number of piperidine rings is 1. The van der Waals surface area contributed by atoms with Gasteiger partial charge in [0.25, 0.3) is 5.56 Å². The van der Waals surface area contributed by atoms with Gasteiger partial charge in [-0.25, -0.2) is 9.19 Å². The van der Waals surface area contributed by atoms with E-state index in [-0.39, 0.29) is 13.0 Å². The predicted molar refractivity (Wildman–Crippen MR) is 170 cm³/mol. The van der Waals surface area contributed by atoms with Crippen molar-refractivity contribution in [3.8, 4) is 0 Å². The second kappa shape index (κ2) is 16.1. The first-order valence-electron chi connectivity index (χ1n) is 15.5. The van der Waals surface area contributed by atoms with E-state index in [0.29, 0.717) is 16.9 Å². The van der Waals surface area contributed by atoms with Crippen LogP contribution in [0.5, 0.6) is 0 Å². The summed E-state index contributed by atoms with van der Waals surface area (Å²) in [5.74, 6) is 0.643. The lowest BCUT2D eigenvalue weighted by Gasteiger charge is -2.24. The van der Waals surface area contributed by atoms with Crippen molar-refractivity contribution in [2.24, 2.45) is 0 Å². The molecule has 8 nitrogen and oxygen atoms in total. The Morgan fingerprint density at radius 2 is 1.73 bits per heavy atom. The molecule has 2 saturated carbocycles. The number of hydrogen-bond donors (Lipinski definition) is 3. The van der Waals surface area contributed by atoms with Gasteiger partial charge in [0.15, 0.2) is 11.1 Å². The van der Waals surface area contributed by atoms with Gasteiger partial charge in [0.05, 0.1) is 4.90 Å². The summed E-state index contributed by atoms with van der Waals surface area (Å²) in [6, 6.07) is 9.90. The Balaban J connectivity index is 0.000000228. The quantitative estimate of drug-likeness (QED) is 0.198. The number of unbranched alkanes of at least 4 members (excludes halogenated alkanes) is 2. The van der Waals surface area contributed by atoms with E-state index < -0.39 is 11.1 Å². The summed E-state index contributed by atoms with van der Waals surface area (Å²) in [5, 5.41) is 7.76. The van der Waals surface area contributed by atoms with Crippen molar-refractivity contribution >= 4 is 28.1 Å². The first-order valence-corrected chi connectivity index (χ1v) is 16.6. The van der Waals surface area contributed by atoms with Crippen LogP contribution in [0.25, 0.3) is 11.0 Å². The van der Waals surface area contributed by atoms with Gasteiger partial charge in [0, 0.05) is 30.7 Å². The second-order valence-corrected chi connectivity index (χ2v) is 12.5. The van der Waals surface area contributed by atoms with Crippen LogP contribution in [0.4, 0.5) is 5.95 Å². The van der Waals surface area contributed by atoms with Crippen molar-refractivity contribution in [2.75, 3.05) is 18.4 Å². The van der Waals surface area contributed by atoms with E-state index in [1.165, 1.54) is 56.9 Å². The van der Waals surface area contributed by atoms with E-state index in [4.69, 9.17) is 9.54 Å². The van der Waals surface area contributed by atoms with Crippen molar-refractivity contribution in [2.45, 2.75) is 114 Å². The van der Waals surface area contributed by atoms with E-state index >= 15 is 0 Å². The van der Waals surface area contributed by atoms with Gasteiger partial charge in [-0.3, -0.25) is 9.36 Å². The van der Waals surface area contributed by atoms with Gasteiger partial charge < -0.3 is 15.2 Å². The van der Waals surface area contributed by atoms with Gasteiger partial charge in [0.1, 0.15) is 5.65 Å². The van der Waals surface area contributed by atoms with Crippen molar-refractivity contribution in [3.05, 3.63) is 58.0 Å². The number of aryl methyl sites for hydroxylation is 2. The highest BCUT2D eigenvalue weighted by Gasteiger charge is 2.22. The van der Waals surface area contributed by atoms with E-state index in [9.17, 15) is 9.00 Å². The van der Waals surface area contributed by atoms with Crippen LogP contribution in [0.2, 0.25) is 0 Å². The predicted octanol–water partition coefficient (Wildman–Crippen LogP) is 6.80. The van der Waals surface area contributed by atoms with Gasteiger partial charge >= 0.3 is 0 Å². The molecule has 2 aliphatic carbocycles. The van der Waals surface area contributed by atoms with Crippen LogP contribution < -0.4 is 16.2 Å². The molecule has 3 aromatic rings. The molecule has 1 atom stereocenters. The molecule has 3 aliphatic rings. The number of benzene rings is 1. The van der Waals surface area contributed by atoms with E-state index in [1.54, 1.807) is 12.1 Å². The summed E-state index contributed by atoms with van der Waals surface area (Å²) in [6.07, 6.45) is 17.7. The third-order valence-corrected chi connectivity index (χ3v) is 8.54. The molecule has 3 N–H and O–H groups in total. The molecule has 0 bridgehead atoms. The Morgan fingerprint density at radius 3 is 2.34 bits per heavy atom. The topological polar surface area (TPSA) is 109 Å². The molecule has 0 spiro atoms. The summed E-state index contributed by atoms with van der Waals surface area (Å²) in [4.78, 5) is 22.4. The SMILES string of the molecule is C1CC1.CCCCCc1ccc(S(=O)O)cc1.Cc1cc2cnc(NC3CCNCC3)nc2n(C2CCCC2)c1=O.[HH]. The van der Waals surface area contributed by atoms with E-state index in [0.717, 1.165) is 61.8 Å². The van der Waals surface area contributed by atoms with Gasteiger partial charge in [0.2, 0.25) is 5.95 Å². The Bertz CT molecular complexity index is 1320. The lowest BCUT2D eigenvalue weighted by Crippen LogP contribution is -2.35. The minimum absolute atomic E-state index is 0. The maximum atomic E-state index is 12.7.